The van der Waals surface area contributed by atoms with Crippen LogP contribution in [0.15, 0.2) is 54.9 Å². The van der Waals surface area contributed by atoms with Crippen LogP contribution in [0.1, 0.15) is 29.5 Å². The molecular weight excluding hydrogens is 364 g/mol. The molecule has 5 rings (SSSR count). The second-order valence-corrected chi connectivity index (χ2v) is 7.08. The molecule has 0 spiro atoms. The Kier molecular flexibility index (Phi) is 4.13. The fourth-order valence-electron chi connectivity index (χ4n) is 3.70. The molecule has 0 fully saturated rings. The smallest absolute Gasteiger partial charge is 0.273 e. The number of amides is 1. The molecule has 144 valence electrons. The normalized spacial score (nSPS) is 11.3. The zero-order valence-electron chi connectivity index (χ0n) is 15.9. The van der Waals surface area contributed by atoms with Crippen LogP contribution in [0.3, 0.4) is 0 Å². The summed E-state index contributed by atoms with van der Waals surface area (Å²) < 4.78 is 0. The number of hydrogen-bond donors (Lipinski definition) is 4. The molecule has 1 amide bonds. The standard InChI is InChI=1S/C22H20N6O/c1-2-4-14-11-21(28-26-14)22(29)25-19-9-13(10-20-17(19)12-24-27-20)15-5-3-6-18-16(15)7-8-23-18/h3,5-12,23H,2,4H2,1H3,(H,24,27)(H,25,29)(H,26,28). The maximum Gasteiger partial charge on any atom is 0.273 e. The van der Waals surface area contributed by atoms with E-state index in [1.165, 1.54) is 0 Å². The quantitative estimate of drug-likeness (QED) is 0.355. The van der Waals surface area contributed by atoms with Crippen molar-refractivity contribution < 1.29 is 4.79 Å². The lowest BCUT2D eigenvalue weighted by Gasteiger charge is -2.10. The first-order valence-electron chi connectivity index (χ1n) is 9.62. The molecule has 0 aliphatic carbocycles. The zero-order chi connectivity index (χ0) is 19.8. The first-order chi connectivity index (χ1) is 14.2. The summed E-state index contributed by atoms with van der Waals surface area (Å²) in [6.07, 6.45) is 5.47. The van der Waals surface area contributed by atoms with Crippen molar-refractivity contribution in [3.8, 4) is 11.1 Å². The van der Waals surface area contributed by atoms with Gasteiger partial charge in [0.2, 0.25) is 0 Å². The SMILES string of the molecule is CCCc1cc(C(=O)Nc2cc(-c3cccc4[nH]ccc34)cc3[nH]ncc23)[nH]n1. The van der Waals surface area contributed by atoms with Crippen molar-refractivity contribution in [3.05, 3.63) is 66.2 Å². The van der Waals surface area contributed by atoms with Crippen LogP contribution in [-0.4, -0.2) is 31.3 Å². The molecule has 0 aliphatic rings. The summed E-state index contributed by atoms with van der Waals surface area (Å²) in [5, 5.41) is 19.2. The second kappa shape index (κ2) is 6.94. The number of hydrogen-bond acceptors (Lipinski definition) is 3. The third-order valence-electron chi connectivity index (χ3n) is 5.09. The molecule has 0 bridgehead atoms. The predicted molar refractivity (Wildman–Crippen MR) is 114 cm³/mol. The Morgan fingerprint density at radius 3 is 2.90 bits per heavy atom. The second-order valence-electron chi connectivity index (χ2n) is 7.08. The third kappa shape index (κ3) is 3.06. The average molecular weight is 384 g/mol. The van der Waals surface area contributed by atoms with Gasteiger partial charge in [-0.15, -0.1) is 0 Å². The molecular formula is C22H20N6O. The van der Waals surface area contributed by atoms with Gasteiger partial charge in [0.15, 0.2) is 0 Å². The van der Waals surface area contributed by atoms with E-state index in [9.17, 15) is 4.79 Å². The van der Waals surface area contributed by atoms with Crippen LogP contribution in [0.25, 0.3) is 32.9 Å². The Morgan fingerprint density at radius 2 is 2.00 bits per heavy atom. The number of nitrogens with zero attached hydrogens (tertiary/aromatic N) is 2. The molecule has 7 heteroatoms. The van der Waals surface area contributed by atoms with Crippen LogP contribution in [0.4, 0.5) is 5.69 Å². The van der Waals surface area contributed by atoms with Crippen molar-refractivity contribution in [2.24, 2.45) is 0 Å². The molecule has 3 heterocycles. The topological polar surface area (TPSA) is 102 Å². The highest BCUT2D eigenvalue weighted by Crippen LogP contribution is 2.34. The van der Waals surface area contributed by atoms with Crippen molar-refractivity contribution >= 4 is 33.4 Å². The minimum Gasteiger partial charge on any atom is -0.361 e. The largest absolute Gasteiger partial charge is 0.361 e. The molecule has 0 saturated carbocycles. The van der Waals surface area contributed by atoms with Gasteiger partial charge in [-0.2, -0.15) is 10.2 Å². The molecule has 29 heavy (non-hydrogen) atoms. The lowest BCUT2D eigenvalue weighted by Crippen LogP contribution is -2.12. The van der Waals surface area contributed by atoms with E-state index in [-0.39, 0.29) is 5.91 Å². The van der Waals surface area contributed by atoms with Crippen molar-refractivity contribution in [1.29, 1.82) is 0 Å². The maximum absolute atomic E-state index is 12.8. The van der Waals surface area contributed by atoms with Gasteiger partial charge in [-0.1, -0.05) is 25.5 Å². The van der Waals surface area contributed by atoms with Gasteiger partial charge >= 0.3 is 0 Å². The number of aryl methyl sites for hydroxylation is 1. The third-order valence-corrected chi connectivity index (χ3v) is 5.09. The van der Waals surface area contributed by atoms with Crippen molar-refractivity contribution in [2.45, 2.75) is 19.8 Å². The first kappa shape index (κ1) is 17.2. The highest BCUT2D eigenvalue weighted by Gasteiger charge is 2.15. The van der Waals surface area contributed by atoms with E-state index >= 15 is 0 Å². The highest BCUT2D eigenvalue weighted by molar-refractivity contribution is 6.09. The summed E-state index contributed by atoms with van der Waals surface area (Å²) in [5.74, 6) is -0.223. The van der Waals surface area contributed by atoms with Gasteiger partial charge in [-0.3, -0.25) is 15.0 Å². The van der Waals surface area contributed by atoms with E-state index in [2.05, 4.69) is 55.8 Å². The molecule has 0 aliphatic heterocycles. The van der Waals surface area contributed by atoms with Gasteiger partial charge in [-0.25, -0.2) is 0 Å². The summed E-state index contributed by atoms with van der Waals surface area (Å²) in [5.41, 5.74) is 6.05. The van der Waals surface area contributed by atoms with Crippen molar-refractivity contribution in [1.82, 2.24) is 25.4 Å². The van der Waals surface area contributed by atoms with Gasteiger partial charge in [0.1, 0.15) is 5.69 Å². The molecule has 0 radical (unpaired) electrons. The van der Waals surface area contributed by atoms with Crippen molar-refractivity contribution in [2.75, 3.05) is 5.32 Å². The number of H-pyrrole nitrogens is 3. The number of benzene rings is 2. The Labute approximate surface area is 166 Å². The minimum atomic E-state index is -0.223. The number of nitrogens with one attached hydrogen (secondary N) is 4. The minimum absolute atomic E-state index is 0.223. The highest BCUT2D eigenvalue weighted by atomic mass is 16.1. The number of rotatable bonds is 5. The molecule has 2 aromatic carbocycles. The fraction of sp³-hybridized carbons (Fsp3) is 0.136. The van der Waals surface area contributed by atoms with Crippen LogP contribution in [0.5, 0.6) is 0 Å². The summed E-state index contributed by atoms with van der Waals surface area (Å²) in [6, 6.07) is 14.0. The van der Waals surface area contributed by atoms with Gasteiger partial charge in [0.05, 0.1) is 23.1 Å². The fourth-order valence-corrected chi connectivity index (χ4v) is 3.70. The lowest BCUT2D eigenvalue weighted by molar-refractivity contribution is 0.102. The Bertz CT molecular complexity index is 1330. The lowest BCUT2D eigenvalue weighted by atomic mass is 9.99. The number of carbonyl (C=O) groups excluding carboxylic acids is 1. The summed E-state index contributed by atoms with van der Waals surface area (Å²) in [6.45, 7) is 2.08. The average Bonchev–Trinajstić information content (AvgIpc) is 3.47. The van der Waals surface area contributed by atoms with E-state index in [0.29, 0.717) is 11.4 Å². The first-order valence-corrected chi connectivity index (χ1v) is 9.62. The van der Waals surface area contributed by atoms with Gasteiger partial charge < -0.3 is 10.3 Å². The van der Waals surface area contributed by atoms with Crippen LogP contribution in [-0.2, 0) is 6.42 Å². The molecule has 7 nitrogen and oxygen atoms in total. The van der Waals surface area contributed by atoms with Gasteiger partial charge in [-0.05, 0) is 47.9 Å². The van der Waals surface area contributed by atoms with Crippen LogP contribution < -0.4 is 5.32 Å². The summed E-state index contributed by atoms with van der Waals surface area (Å²) in [7, 11) is 0. The Morgan fingerprint density at radius 1 is 1.07 bits per heavy atom. The monoisotopic (exact) mass is 384 g/mol. The Balaban J connectivity index is 1.56. The number of aromatic nitrogens is 5. The van der Waals surface area contributed by atoms with Gasteiger partial charge in [0.25, 0.3) is 5.91 Å². The summed E-state index contributed by atoms with van der Waals surface area (Å²) in [4.78, 5) is 16.0. The van der Waals surface area contributed by atoms with E-state index in [4.69, 9.17) is 0 Å². The summed E-state index contributed by atoms with van der Waals surface area (Å²) >= 11 is 0. The van der Waals surface area contributed by atoms with E-state index < -0.39 is 0 Å². The zero-order valence-corrected chi connectivity index (χ0v) is 15.9. The Hall–Kier alpha value is -3.87. The number of carbonyl (C=O) groups is 1. The number of anilines is 1. The number of fused-ring (bicyclic) bond motifs is 2. The predicted octanol–water partition coefficient (Wildman–Crippen LogP) is 4.64. The maximum atomic E-state index is 12.8. The molecule has 4 N–H and O–H groups in total. The van der Waals surface area contributed by atoms with E-state index in [0.717, 1.165) is 51.5 Å². The molecule has 0 atom stereocenters. The molecule has 0 unspecified atom stereocenters. The molecule has 3 aromatic heterocycles. The van der Waals surface area contributed by atoms with Crippen molar-refractivity contribution in [3.63, 3.8) is 0 Å². The van der Waals surface area contributed by atoms with Crippen LogP contribution in [0.2, 0.25) is 0 Å². The van der Waals surface area contributed by atoms with E-state index in [1.54, 1.807) is 12.3 Å². The van der Waals surface area contributed by atoms with E-state index in [1.807, 2.05) is 24.4 Å². The molecule has 5 aromatic rings. The number of aromatic amines is 3. The van der Waals surface area contributed by atoms with Crippen LogP contribution in [0, 0.1) is 0 Å². The van der Waals surface area contributed by atoms with Crippen LogP contribution >= 0.6 is 0 Å². The van der Waals surface area contributed by atoms with Gasteiger partial charge in [0, 0.05) is 22.5 Å². The molecule has 0 saturated heterocycles.